The number of non-ortho nitro benzene ring substituents is 1. The maximum Gasteiger partial charge on any atom is 0.513 e. The minimum Gasteiger partial charge on any atom is -0.456 e. The Morgan fingerprint density at radius 2 is 1.83 bits per heavy atom. The van der Waals surface area contributed by atoms with Crippen LogP contribution in [0.5, 0.6) is 5.75 Å². The van der Waals surface area contributed by atoms with E-state index in [2.05, 4.69) is 6.58 Å². The quantitative estimate of drug-likeness (QED) is 0.247. The fourth-order valence-electron chi connectivity index (χ4n) is 1.53. The van der Waals surface area contributed by atoms with Gasteiger partial charge in [0, 0.05) is 24.1 Å². The summed E-state index contributed by atoms with van der Waals surface area (Å²) in [6.45, 7) is 8.36. The van der Waals surface area contributed by atoms with Crippen LogP contribution < -0.4 is 4.74 Å². The number of hydrogen-bond donors (Lipinski definition) is 0. The topological polar surface area (TPSA) is 105 Å². The van der Waals surface area contributed by atoms with Crippen molar-refractivity contribution in [2.75, 3.05) is 6.61 Å². The molecule has 1 aromatic carbocycles. The van der Waals surface area contributed by atoms with E-state index in [9.17, 15) is 19.7 Å². The van der Waals surface area contributed by atoms with Gasteiger partial charge in [-0.2, -0.15) is 0 Å². The molecular formula is C16H19NO7. The molecule has 0 fully saturated rings. The molecule has 1 aromatic rings. The van der Waals surface area contributed by atoms with Gasteiger partial charge < -0.3 is 14.2 Å². The molecule has 8 heteroatoms. The van der Waals surface area contributed by atoms with Crippen LogP contribution in [-0.2, 0) is 14.3 Å². The summed E-state index contributed by atoms with van der Waals surface area (Å²) < 4.78 is 15.0. The maximum atomic E-state index is 11.5. The second-order valence-electron chi connectivity index (χ2n) is 5.63. The molecule has 1 rings (SSSR count). The fourth-order valence-corrected chi connectivity index (χ4v) is 1.53. The molecule has 0 bridgehead atoms. The van der Waals surface area contributed by atoms with Gasteiger partial charge in [-0.1, -0.05) is 6.58 Å². The van der Waals surface area contributed by atoms with E-state index in [4.69, 9.17) is 14.2 Å². The molecule has 0 aliphatic carbocycles. The molecule has 0 N–H and O–H groups in total. The molecule has 130 valence electrons. The molecule has 0 aromatic heterocycles. The SMILES string of the molecule is C=C(C)C(=O)OC(C)(C)CCOC(=O)Oc1ccc([N+](=O)[O-])cc1. The molecule has 0 heterocycles. The summed E-state index contributed by atoms with van der Waals surface area (Å²) >= 11 is 0. The number of rotatable bonds is 7. The van der Waals surface area contributed by atoms with E-state index in [1.54, 1.807) is 13.8 Å². The van der Waals surface area contributed by atoms with E-state index >= 15 is 0 Å². The zero-order valence-corrected chi connectivity index (χ0v) is 13.7. The first-order valence-electron chi connectivity index (χ1n) is 7.08. The molecular weight excluding hydrogens is 318 g/mol. The minimum atomic E-state index is -0.953. The first-order chi connectivity index (χ1) is 11.1. The van der Waals surface area contributed by atoms with Gasteiger partial charge in [0.1, 0.15) is 11.4 Å². The van der Waals surface area contributed by atoms with E-state index in [0.29, 0.717) is 0 Å². The Morgan fingerprint density at radius 3 is 2.33 bits per heavy atom. The highest BCUT2D eigenvalue weighted by Crippen LogP contribution is 2.19. The van der Waals surface area contributed by atoms with Crippen LogP contribution in [0.25, 0.3) is 0 Å². The van der Waals surface area contributed by atoms with Gasteiger partial charge in [-0.3, -0.25) is 10.1 Å². The van der Waals surface area contributed by atoms with Crippen molar-refractivity contribution in [1.29, 1.82) is 0 Å². The third-order valence-electron chi connectivity index (χ3n) is 2.89. The highest BCUT2D eigenvalue weighted by molar-refractivity contribution is 5.87. The van der Waals surface area contributed by atoms with Crippen molar-refractivity contribution >= 4 is 17.8 Å². The summed E-state index contributed by atoms with van der Waals surface area (Å²) in [6.07, 6.45) is -0.688. The molecule has 0 amide bonds. The van der Waals surface area contributed by atoms with Crippen LogP contribution in [0.3, 0.4) is 0 Å². The largest absolute Gasteiger partial charge is 0.513 e. The first-order valence-corrected chi connectivity index (χ1v) is 7.08. The average molecular weight is 337 g/mol. The molecule has 0 aliphatic heterocycles. The predicted molar refractivity (Wildman–Crippen MR) is 84.7 cm³/mol. The maximum absolute atomic E-state index is 11.5. The van der Waals surface area contributed by atoms with Crippen molar-refractivity contribution in [1.82, 2.24) is 0 Å². The fraction of sp³-hybridized carbons (Fsp3) is 0.375. The second kappa shape index (κ2) is 8.09. The Morgan fingerprint density at radius 1 is 1.25 bits per heavy atom. The van der Waals surface area contributed by atoms with Gasteiger partial charge in [0.2, 0.25) is 0 Å². The van der Waals surface area contributed by atoms with Crippen LogP contribution in [-0.4, -0.2) is 29.3 Å². The summed E-state index contributed by atoms with van der Waals surface area (Å²) in [5, 5.41) is 10.5. The van der Waals surface area contributed by atoms with Crippen LogP contribution in [0.1, 0.15) is 27.2 Å². The lowest BCUT2D eigenvalue weighted by atomic mass is 10.1. The molecule has 8 nitrogen and oxygen atoms in total. The van der Waals surface area contributed by atoms with Crippen molar-refractivity contribution in [2.24, 2.45) is 0 Å². The smallest absolute Gasteiger partial charge is 0.456 e. The lowest BCUT2D eigenvalue weighted by molar-refractivity contribution is -0.384. The standard InChI is InChI=1S/C16H19NO7/c1-11(2)14(18)24-16(3,4)9-10-22-15(19)23-13-7-5-12(6-8-13)17(20)21/h5-8H,1,9-10H2,2-4H3. The van der Waals surface area contributed by atoms with Crippen molar-refractivity contribution in [3.05, 3.63) is 46.5 Å². The Kier molecular flexibility index (Phi) is 6.46. The average Bonchev–Trinajstić information content (AvgIpc) is 2.46. The summed E-state index contributed by atoms with van der Waals surface area (Å²) in [6, 6.07) is 5.00. The first kappa shape index (κ1) is 19.1. The second-order valence-corrected chi connectivity index (χ2v) is 5.63. The van der Waals surface area contributed by atoms with E-state index in [1.807, 2.05) is 0 Å². The summed E-state index contributed by atoms with van der Waals surface area (Å²) in [4.78, 5) is 33.0. The van der Waals surface area contributed by atoms with Crippen LogP contribution in [0.4, 0.5) is 10.5 Å². The molecule has 24 heavy (non-hydrogen) atoms. The molecule has 0 unspecified atom stereocenters. The number of carbonyl (C=O) groups excluding carboxylic acids is 2. The van der Waals surface area contributed by atoms with E-state index < -0.39 is 22.6 Å². The van der Waals surface area contributed by atoms with Gasteiger partial charge in [-0.25, -0.2) is 9.59 Å². The Balaban J connectivity index is 2.42. The summed E-state index contributed by atoms with van der Waals surface area (Å²) in [5.74, 6) is -0.396. The summed E-state index contributed by atoms with van der Waals surface area (Å²) in [5.41, 5.74) is -0.665. The van der Waals surface area contributed by atoms with E-state index in [1.165, 1.54) is 31.2 Å². The van der Waals surface area contributed by atoms with E-state index in [0.717, 1.165) is 0 Å². The number of nitro benzene ring substituents is 1. The van der Waals surface area contributed by atoms with Gasteiger partial charge in [0.05, 0.1) is 11.5 Å². The molecule has 0 aliphatic rings. The number of esters is 1. The van der Waals surface area contributed by atoms with Crippen molar-refractivity contribution in [2.45, 2.75) is 32.8 Å². The Labute approximate surface area is 139 Å². The number of nitrogens with zero attached hydrogens (tertiary/aromatic N) is 1. The predicted octanol–water partition coefficient (Wildman–Crippen LogP) is 3.40. The van der Waals surface area contributed by atoms with Crippen molar-refractivity contribution in [3.8, 4) is 5.75 Å². The Hall–Kier alpha value is -2.90. The van der Waals surface area contributed by atoms with E-state index in [-0.39, 0.29) is 30.0 Å². The Bertz CT molecular complexity index is 634. The highest BCUT2D eigenvalue weighted by atomic mass is 16.7. The van der Waals surface area contributed by atoms with Crippen molar-refractivity contribution in [3.63, 3.8) is 0 Å². The molecule has 0 radical (unpaired) electrons. The number of hydrogen-bond acceptors (Lipinski definition) is 7. The third-order valence-corrected chi connectivity index (χ3v) is 2.89. The van der Waals surface area contributed by atoms with Gasteiger partial charge >= 0.3 is 12.1 Å². The highest BCUT2D eigenvalue weighted by Gasteiger charge is 2.24. The van der Waals surface area contributed by atoms with Crippen LogP contribution >= 0.6 is 0 Å². The number of nitro groups is 1. The number of carbonyl (C=O) groups is 2. The lowest BCUT2D eigenvalue weighted by Crippen LogP contribution is -2.30. The zero-order valence-electron chi connectivity index (χ0n) is 13.7. The number of benzene rings is 1. The molecule has 0 saturated carbocycles. The monoisotopic (exact) mass is 337 g/mol. The normalized spacial score (nSPS) is 10.6. The van der Waals surface area contributed by atoms with Gasteiger partial charge in [-0.05, 0) is 32.9 Å². The van der Waals surface area contributed by atoms with Crippen LogP contribution in [0.15, 0.2) is 36.4 Å². The molecule has 0 spiro atoms. The minimum absolute atomic E-state index is 0.0255. The summed E-state index contributed by atoms with van der Waals surface area (Å²) in [7, 11) is 0. The zero-order chi connectivity index (χ0) is 18.3. The van der Waals surface area contributed by atoms with Gasteiger partial charge in [-0.15, -0.1) is 0 Å². The van der Waals surface area contributed by atoms with Gasteiger partial charge in [0.15, 0.2) is 0 Å². The molecule has 0 saturated heterocycles. The number of ether oxygens (including phenoxy) is 3. The lowest BCUT2D eigenvalue weighted by Gasteiger charge is -2.24. The molecule has 0 atom stereocenters. The van der Waals surface area contributed by atoms with Gasteiger partial charge in [0.25, 0.3) is 5.69 Å². The third kappa shape index (κ3) is 6.47. The van der Waals surface area contributed by atoms with Crippen molar-refractivity contribution < 1.29 is 28.7 Å². The van der Waals surface area contributed by atoms with Crippen LogP contribution in [0.2, 0.25) is 0 Å². The van der Waals surface area contributed by atoms with Crippen LogP contribution in [0, 0.1) is 10.1 Å².